The summed E-state index contributed by atoms with van der Waals surface area (Å²) in [6, 6.07) is 0. The van der Waals surface area contributed by atoms with Crippen molar-refractivity contribution in [2.45, 2.75) is 66.2 Å². The third-order valence-electron chi connectivity index (χ3n) is 1.85. The van der Waals surface area contributed by atoms with Gasteiger partial charge in [-0.25, -0.2) is 0 Å². The summed E-state index contributed by atoms with van der Waals surface area (Å²) in [5, 5.41) is 0. The minimum Gasteiger partial charge on any atom is -0.103 e. The summed E-state index contributed by atoms with van der Waals surface area (Å²) >= 11 is 0. The molecule has 0 aromatic heterocycles. The molecule has 0 bridgehead atoms. The molecule has 0 saturated carbocycles. The number of hydrogen-bond donors (Lipinski definition) is 0. The van der Waals surface area contributed by atoms with Crippen LogP contribution in [0.3, 0.4) is 0 Å². The third kappa shape index (κ3) is 22.5. The van der Waals surface area contributed by atoms with Gasteiger partial charge >= 0.3 is 0 Å². The Morgan fingerprint density at radius 3 is 1.93 bits per heavy atom. The van der Waals surface area contributed by atoms with E-state index in [0.717, 1.165) is 0 Å². The summed E-state index contributed by atoms with van der Waals surface area (Å²) in [6.45, 7) is 12.3. The zero-order valence-corrected chi connectivity index (χ0v) is 10.6. The number of rotatable bonds is 6. The molecular weight excluding hydrogens is 168 g/mol. The van der Waals surface area contributed by atoms with E-state index in [1.807, 2.05) is 6.08 Å². The number of hydrogen-bond acceptors (Lipinski definition) is 0. The van der Waals surface area contributed by atoms with E-state index in [4.69, 9.17) is 0 Å². The first-order valence-corrected chi connectivity index (χ1v) is 5.93. The van der Waals surface area contributed by atoms with Gasteiger partial charge in [0, 0.05) is 0 Å². The van der Waals surface area contributed by atoms with Gasteiger partial charge in [0.1, 0.15) is 0 Å². The Balaban J connectivity index is 0. The Hall–Kier alpha value is -0.520. The summed E-state index contributed by atoms with van der Waals surface area (Å²) in [5.74, 6) is 0. The second-order valence-corrected chi connectivity index (χ2v) is 3.85. The topological polar surface area (TPSA) is 0 Å². The van der Waals surface area contributed by atoms with Crippen LogP contribution in [-0.2, 0) is 0 Å². The van der Waals surface area contributed by atoms with E-state index in [0.29, 0.717) is 0 Å². The van der Waals surface area contributed by atoms with Gasteiger partial charge in [0.15, 0.2) is 0 Å². The lowest BCUT2D eigenvalue weighted by Crippen LogP contribution is -1.67. The first kappa shape index (κ1) is 15.9. The fraction of sp³-hybridized carbons (Fsp3) is 0.714. The van der Waals surface area contributed by atoms with Crippen LogP contribution < -0.4 is 0 Å². The molecule has 0 unspecified atom stereocenters. The van der Waals surface area contributed by atoms with Crippen LogP contribution in [0.2, 0.25) is 0 Å². The monoisotopic (exact) mass is 196 g/mol. The van der Waals surface area contributed by atoms with E-state index in [1.165, 1.54) is 44.1 Å². The molecule has 0 radical (unpaired) electrons. The predicted octanol–water partition coefficient (Wildman–Crippen LogP) is 5.51. The fourth-order valence-corrected chi connectivity index (χ4v) is 0.972. The smallest absolute Gasteiger partial charge is 0.0351 e. The Bertz CT molecular complexity index is 127. The molecule has 0 aliphatic heterocycles. The van der Waals surface area contributed by atoms with Crippen LogP contribution in [0.5, 0.6) is 0 Å². The Morgan fingerprint density at radius 2 is 1.64 bits per heavy atom. The molecule has 0 spiro atoms. The van der Waals surface area contributed by atoms with Crippen molar-refractivity contribution in [2.24, 2.45) is 0 Å². The fourth-order valence-electron chi connectivity index (χ4n) is 0.972. The van der Waals surface area contributed by atoms with E-state index < -0.39 is 0 Å². The molecule has 0 fully saturated rings. The first-order valence-electron chi connectivity index (χ1n) is 5.93. The van der Waals surface area contributed by atoms with Crippen molar-refractivity contribution < 1.29 is 0 Å². The van der Waals surface area contributed by atoms with Gasteiger partial charge < -0.3 is 0 Å². The second kappa shape index (κ2) is 15.0. The highest BCUT2D eigenvalue weighted by Crippen LogP contribution is 1.97. The van der Waals surface area contributed by atoms with E-state index in [-0.39, 0.29) is 0 Å². The molecule has 0 aliphatic rings. The van der Waals surface area contributed by atoms with Gasteiger partial charge in [-0.05, 0) is 33.1 Å². The molecule has 0 saturated heterocycles. The quantitative estimate of drug-likeness (QED) is 0.388. The summed E-state index contributed by atoms with van der Waals surface area (Å²) in [6.07, 6.45) is 11.9. The van der Waals surface area contributed by atoms with E-state index in [2.05, 4.69) is 40.3 Å². The summed E-state index contributed by atoms with van der Waals surface area (Å²) in [4.78, 5) is 0. The van der Waals surface area contributed by atoms with Crippen molar-refractivity contribution in [2.75, 3.05) is 0 Å². The van der Waals surface area contributed by atoms with Crippen molar-refractivity contribution in [3.05, 3.63) is 24.3 Å². The van der Waals surface area contributed by atoms with E-state index in [9.17, 15) is 0 Å². The molecule has 0 rings (SSSR count). The van der Waals surface area contributed by atoms with Crippen molar-refractivity contribution >= 4 is 0 Å². The first-order chi connectivity index (χ1) is 6.68. The standard InChI is InChI=1S/2C7H14/c1-4-5-6-7(2)3;1-3-5-7-6-4-2/h6H,4-5H2,1-3H3;3H,1,4-7H2,2H3. The van der Waals surface area contributed by atoms with Crippen molar-refractivity contribution in [1.29, 1.82) is 0 Å². The van der Waals surface area contributed by atoms with E-state index >= 15 is 0 Å². The summed E-state index contributed by atoms with van der Waals surface area (Å²) in [7, 11) is 0. The highest BCUT2D eigenvalue weighted by atomic mass is 13.8. The van der Waals surface area contributed by atoms with Gasteiger partial charge in [-0.1, -0.05) is 50.8 Å². The largest absolute Gasteiger partial charge is 0.103 e. The maximum absolute atomic E-state index is 3.63. The van der Waals surface area contributed by atoms with Crippen LogP contribution in [-0.4, -0.2) is 0 Å². The lowest BCUT2D eigenvalue weighted by atomic mass is 10.2. The zero-order chi connectivity index (χ0) is 11.2. The van der Waals surface area contributed by atoms with Crippen LogP contribution >= 0.6 is 0 Å². The zero-order valence-electron chi connectivity index (χ0n) is 10.6. The molecule has 0 aromatic rings. The summed E-state index contributed by atoms with van der Waals surface area (Å²) in [5.41, 5.74) is 1.43. The highest BCUT2D eigenvalue weighted by molar-refractivity contribution is 4.92. The molecule has 0 N–H and O–H groups in total. The van der Waals surface area contributed by atoms with Crippen molar-refractivity contribution in [1.82, 2.24) is 0 Å². The molecule has 84 valence electrons. The van der Waals surface area contributed by atoms with Crippen LogP contribution in [0.25, 0.3) is 0 Å². The van der Waals surface area contributed by atoms with Crippen LogP contribution in [0, 0.1) is 0 Å². The average Bonchev–Trinajstić information content (AvgIpc) is 2.16. The van der Waals surface area contributed by atoms with Crippen LogP contribution in [0.4, 0.5) is 0 Å². The molecule has 14 heavy (non-hydrogen) atoms. The lowest BCUT2D eigenvalue weighted by Gasteiger charge is -1.87. The SMILES string of the molecule is C=CCCCCC.CCCC=C(C)C. The Labute approximate surface area is 91.1 Å². The molecule has 0 heteroatoms. The van der Waals surface area contributed by atoms with Gasteiger partial charge in [-0.2, -0.15) is 0 Å². The minimum atomic E-state index is 1.19. The normalized spacial score (nSPS) is 8.57. The Kier molecular flexibility index (Phi) is 17.0. The Morgan fingerprint density at radius 1 is 1.00 bits per heavy atom. The predicted molar refractivity (Wildman–Crippen MR) is 68.7 cm³/mol. The lowest BCUT2D eigenvalue weighted by molar-refractivity contribution is 0.730. The molecule has 0 amide bonds. The van der Waals surface area contributed by atoms with Gasteiger partial charge in [-0.15, -0.1) is 6.58 Å². The van der Waals surface area contributed by atoms with Gasteiger partial charge in [-0.3, -0.25) is 0 Å². The van der Waals surface area contributed by atoms with Crippen LogP contribution in [0.15, 0.2) is 24.3 Å². The summed E-state index contributed by atoms with van der Waals surface area (Å²) < 4.78 is 0. The highest BCUT2D eigenvalue weighted by Gasteiger charge is 1.77. The third-order valence-corrected chi connectivity index (χ3v) is 1.85. The number of allylic oxidation sites excluding steroid dienone is 3. The van der Waals surface area contributed by atoms with Gasteiger partial charge in [0.2, 0.25) is 0 Å². The molecule has 0 atom stereocenters. The van der Waals surface area contributed by atoms with E-state index in [1.54, 1.807) is 0 Å². The van der Waals surface area contributed by atoms with Crippen molar-refractivity contribution in [3.8, 4) is 0 Å². The second-order valence-electron chi connectivity index (χ2n) is 3.85. The van der Waals surface area contributed by atoms with Crippen molar-refractivity contribution in [3.63, 3.8) is 0 Å². The van der Waals surface area contributed by atoms with Gasteiger partial charge in [0.25, 0.3) is 0 Å². The molecule has 0 nitrogen and oxygen atoms in total. The minimum absolute atomic E-state index is 1.19. The molecule has 0 aliphatic carbocycles. The van der Waals surface area contributed by atoms with Crippen LogP contribution in [0.1, 0.15) is 66.2 Å². The maximum atomic E-state index is 3.63. The van der Waals surface area contributed by atoms with Gasteiger partial charge in [0.05, 0.1) is 0 Å². The maximum Gasteiger partial charge on any atom is -0.0351 e. The molecule has 0 heterocycles. The molecular formula is C14H28. The molecule has 0 aromatic carbocycles. The average molecular weight is 196 g/mol. The number of unbranched alkanes of at least 4 members (excludes halogenated alkanes) is 4.